The van der Waals surface area contributed by atoms with Crippen LogP contribution in [0, 0.1) is 13.8 Å². The minimum atomic E-state index is -0.391. The fraction of sp³-hybridized carbons (Fsp3) is 0.143. The van der Waals surface area contributed by atoms with Crippen molar-refractivity contribution in [1.82, 2.24) is 20.3 Å². The summed E-state index contributed by atoms with van der Waals surface area (Å²) in [5.41, 5.74) is 1.86. The number of H-pyrrole nitrogens is 1. The van der Waals surface area contributed by atoms with Gasteiger partial charge in [-0.15, -0.1) is 0 Å². The first-order valence-corrected chi connectivity index (χ1v) is 6.84. The molecular weight excluding hydrogens is 306 g/mol. The van der Waals surface area contributed by atoms with E-state index < -0.39 is 5.91 Å². The second kappa shape index (κ2) is 5.61. The Labute approximate surface area is 130 Å². The van der Waals surface area contributed by atoms with Crippen LogP contribution in [0.2, 0.25) is 5.02 Å². The summed E-state index contributed by atoms with van der Waals surface area (Å²) in [4.78, 5) is 16.2. The van der Waals surface area contributed by atoms with Crippen LogP contribution >= 0.6 is 11.6 Å². The highest BCUT2D eigenvalue weighted by atomic mass is 35.5. The largest absolute Gasteiger partial charge is 0.351 e. The fourth-order valence-electron chi connectivity index (χ4n) is 1.90. The first-order valence-electron chi connectivity index (χ1n) is 6.46. The quantitative estimate of drug-likeness (QED) is 0.774. The van der Waals surface area contributed by atoms with Gasteiger partial charge in [0.15, 0.2) is 5.82 Å². The van der Waals surface area contributed by atoms with Gasteiger partial charge in [0.1, 0.15) is 5.82 Å². The maximum atomic E-state index is 12.0. The summed E-state index contributed by atoms with van der Waals surface area (Å²) in [7, 11) is 0. The van der Waals surface area contributed by atoms with E-state index in [2.05, 4.69) is 25.7 Å². The predicted octanol–water partition coefficient (Wildman–Crippen LogP) is 2.98. The Morgan fingerprint density at radius 1 is 1.32 bits per heavy atom. The molecule has 0 saturated carbocycles. The van der Waals surface area contributed by atoms with Crippen LogP contribution in [0.15, 0.2) is 28.8 Å². The minimum Gasteiger partial charge on any atom is -0.351 e. The fourth-order valence-corrected chi connectivity index (χ4v) is 2.17. The van der Waals surface area contributed by atoms with Crippen LogP contribution in [0.1, 0.15) is 22.1 Å². The SMILES string of the molecule is Cc1cc(C(=O)Nc2ccc(-c3n[nH]c(C)n3)c(Cl)c2)on1. The topological polar surface area (TPSA) is 96.7 Å². The first kappa shape index (κ1) is 14.3. The van der Waals surface area contributed by atoms with E-state index in [-0.39, 0.29) is 5.76 Å². The number of hydrogen-bond donors (Lipinski definition) is 2. The summed E-state index contributed by atoms with van der Waals surface area (Å²) in [6, 6.07) is 6.64. The van der Waals surface area contributed by atoms with E-state index in [1.807, 2.05) is 0 Å². The van der Waals surface area contributed by atoms with Gasteiger partial charge < -0.3 is 9.84 Å². The van der Waals surface area contributed by atoms with Crippen molar-refractivity contribution in [3.8, 4) is 11.4 Å². The molecule has 1 aromatic carbocycles. The van der Waals surface area contributed by atoms with Crippen molar-refractivity contribution < 1.29 is 9.32 Å². The number of halogens is 1. The molecule has 112 valence electrons. The van der Waals surface area contributed by atoms with Gasteiger partial charge in [0, 0.05) is 17.3 Å². The van der Waals surface area contributed by atoms with Gasteiger partial charge in [-0.05, 0) is 32.0 Å². The molecule has 2 N–H and O–H groups in total. The van der Waals surface area contributed by atoms with Crippen molar-refractivity contribution in [2.24, 2.45) is 0 Å². The van der Waals surface area contributed by atoms with E-state index in [1.54, 1.807) is 38.1 Å². The lowest BCUT2D eigenvalue weighted by Gasteiger charge is -2.05. The lowest BCUT2D eigenvalue weighted by atomic mass is 10.2. The number of rotatable bonds is 3. The predicted molar refractivity (Wildman–Crippen MR) is 80.8 cm³/mol. The molecule has 0 saturated heterocycles. The molecule has 0 fully saturated rings. The van der Waals surface area contributed by atoms with Gasteiger partial charge in [0.2, 0.25) is 5.76 Å². The zero-order valence-corrected chi connectivity index (χ0v) is 12.6. The van der Waals surface area contributed by atoms with Gasteiger partial charge in [-0.1, -0.05) is 16.8 Å². The summed E-state index contributed by atoms with van der Waals surface area (Å²) >= 11 is 6.23. The average molecular weight is 318 g/mol. The highest BCUT2D eigenvalue weighted by Gasteiger charge is 2.14. The molecule has 7 nitrogen and oxygen atoms in total. The Hall–Kier alpha value is -2.67. The maximum Gasteiger partial charge on any atom is 0.294 e. The zero-order valence-electron chi connectivity index (χ0n) is 11.8. The summed E-state index contributed by atoms with van der Waals surface area (Å²) in [5.74, 6) is 0.954. The lowest BCUT2D eigenvalue weighted by Crippen LogP contribution is -2.10. The van der Waals surface area contributed by atoms with Crippen LogP contribution in [0.5, 0.6) is 0 Å². The molecule has 0 bridgehead atoms. The molecule has 3 rings (SSSR count). The molecule has 0 aliphatic carbocycles. The number of carbonyl (C=O) groups is 1. The number of amides is 1. The molecule has 22 heavy (non-hydrogen) atoms. The number of anilines is 1. The highest BCUT2D eigenvalue weighted by Crippen LogP contribution is 2.28. The number of hydrogen-bond acceptors (Lipinski definition) is 5. The smallest absolute Gasteiger partial charge is 0.294 e. The van der Waals surface area contributed by atoms with Gasteiger partial charge in [0.05, 0.1) is 10.7 Å². The van der Waals surface area contributed by atoms with Gasteiger partial charge in [0.25, 0.3) is 5.91 Å². The molecule has 8 heteroatoms. The molecule has 0 aliphatic heterocycles. The summed E-state index contributed by atoms with van der Waals surface area (Å²) in [6.45, 7) is 3.54. The van der Waals surface area contributed by atoms with Crippen LogP contribution < -0.4 is 5.32 Å². The normalized spacial score (nSPS) is 10.7. The summed E-state index contributed by atoms with van der Waals surface area (Å²) < 4.78 is 4.91. The molecule has 2 heterocycles. The van der Waals surface area contributed by atoms with Gasteiger partial charge in [-0.3, -0.25) is 9.89 Å². The minimum absolute atomic E-state index is 0.141. The number of aromatic amines is 1. The standard InChI is InChI=1S/C14H12ClN5O2/c1-7-5-12(22-20-7)14(21)17-9-3-4-10(11(15)6-9)13-16-8(2)18-19-13/h3-6H,1-2H3,(H,17,21)(H,16,18,19). The van der Waals surface area contributed by atoms with Crippen LogP contribution in [-0.4, -0.2) is 26.2 Å². The van der Waals surface area contributed by atoms with Crippen molar-refractivity contribution in [2.75, 3.05) is 5.32 Å². The number of benzene rings is 1. The van der Waals surface area contributed by atoms with E-state index >= 15 is 0 Å². The van der Waals surface area contributed by atoms with Crippen LogP contribution in [-0.2, 0) is 0 Å². The average Bonchev–Trinajstić information content (AvgIpc) is 3.08. The van der Waals surface area contributed by atoms with E-state index in [0.717, 1.165) is 0 Å². The molecular formula is C14H12ClN5O2. The zero-order chi connectivity index (χ0) is 15.7. The Morgan fingerprint density at radius 2 is 2.14 bits per heavy atom. The maximum absolute atomic E-state index is 12.0. The van der Waals surface area contributed by atoms with E-state index in [9.17, 15) is 4.79 Å². The molecule has 3 aromatic rings. The Morgan fingerprint density at radius 3 is 2.73 bits per heavy atom. The third-order valence-electron chi connectivity index (χ3n) is 2.92. The molecule has 0 spiro atoms. The van der Waals surface area contributed by atoms with Crippen molar-refractivity contribution in [2.45, 2.75) is 13.8 Å². The van der Waals surface area contributed by atoms with Crippen LogP contribution in [0.3, 0.4) is 0 Å². The molecule has 1 amide bonds. The molecule has 0 atom stereocenters. The number of carbonyl (C=O) groups excluding carboxylic acids is 1. The highest BCUT2D eigenvalue weighted by molar-refractivity contribution is 6.33. The number of aromatic nitrogens is 4. The molecule has 0 aliphatic rings. The van der Waals surface area contributed by atoms with Gasteiger partial charge in [-0.2, -0.15) is 5.10 Å². The second-order valence-corrected chi connectivity index (χ2v) is 5.13. The molecule has 0 radical (unpaired) electrons. The van der Waals surface area contributed by atoms with E-state index in [1.165, 1.54) is 0 Å². The second-order valence-electron chi connectivity index (χ2n) is 4.73. The Kier molecular flexibility index (Phi) is 3.64. The van der Waals surface area contributed by atoms with E-state index in [4.69, 9.17) is 16.1 Å². The molecule has 0 unspecified atom stereocenters. The Bertz CT molecular complexity index is 839. The van der Waals surface area contributed by atoms with Crippen LogP contribution in [0.25, 0.3) is 11.4 Å². The number of nitrogens with one attached hydrogen (secondary N) is 2. The number of aryl methyl sites for hydroxylation is 2. The monoisotopic (exact) mass is 317 g/mol. The van der Waals surface area contributed by atoms with Crippen LogP contribution in [0.4, 0.5) is 5.69 Å². The van der Waals surface area contributed by atoms with Gasteiger partial charge >= 0.3 is 0 Å². The van der Waals surface area contributed by atoms with Crippen molar-refractivity contribution >= 4 is 23.2 Å². The number of nitrogens with zero attached hydrogens (tertiary/aromatic N) is 3. The lowest BCUT2D eigenvalue weighted by molar-refractivity contribution is 0.0988. The third kappa shape index (κ3) is 2.84. The van der Waals surface area contributed by atoms with Crippen molar-refractivity contribution in [1.29, 1.82) is 0 Å². The van der Waals surface area contributed by atoms with Gasteiger partial charge in [-0.25, -0.2) is 4.98 Å². The van der Waals surface area contributed by atoms with Crippen molar-refractivity contribution in [3.63, 3.8) is 0 Å². The summed E-state index contributed by atoms with van der Waals surface area (Å²) in [5, 5.41) is 13.6. The van der Waals surface area contributed by atoms with E-state index in [0.29, 0.717) is 33.6 Å². The summed E-state index contributed by atoms with van der Waals surface area (Å²) in [6.07, 6.45) is 0. The first-order chi connectivity index (χ1) is 10.5. The third-order valence-corrected chi connectivity index (χ3v) is 3.23. The molecule has 2 aromatic heterocycles. The van der Waals surface area contributed by atoms with Crippen molar-refractivity contribution in [3.05, 3.63) is 46.6 Å². The Balaban J connectivity index is 1.81.